The molecule has 1 aliphatic rings. The molecule has 0 spiro atoms. The van der Waals surface area contributed by atoms with Gasteiger partial charge in [-0.1, -0.05) is 35.9 Å². The van der Waals surface area contributed by atoms with Gasteiger partial charge in [0, 0.05) is 21.7 Å². The van der Waals surface area contributed by atoms with Crippen molar-refractivity contribution in [3.63, 3.8) is 0 Å². The van der Waals surface area contributed by atoms with E-state index < -0.39 is 0 Å². The largest absolute Gasteiger partial charge is 0.321 e. The van der Waals surface area contributed by atoms with Gasteiger partial charge in [0.2, 0.25) is 0 Å². The van der Waals surface area contributed by atoms with Crippen LogP contribution in [-0.2, 0) is 12.8 Å². The predicted molar refractivity (Wildman–Crippen MR) is 97.8 cm³/mol. The zero-order chi connectivity index (χ0) is 16.5. The maximum absolute atomic E-state index is 12.7. The van der Waals surface area contributed by atoms with Crippen LogP contribution in [0.1, 0.15) is 34.5 Å². The lowest BCUT2D eigenvalue weighted by atomic mass is 9.92. The SMILES string of the molecule is O=C(Nc1c2c(nc3ccccc13)CCCC2)c1cccc(Cl)c1. The third kappa shape index (κ3) is 2.76. The molecule has 0 radical (unpaired) electrons. The fourth-order valence-electron chi connectivity index (χ4n) is 3.33. The van der Waals surface area contributed by atoms with Crippen LogP contribution in [0.3, 0.4) is 0 Å². The Labute approximate surface area is 145 Å². The smallest absolute Gasteiger partial charge is 0.255 e. The number of aryl methyl sites for hydroxylation is 1. The van der Waals surface area contributed by atoms with Crippen molar-refractivity contribution >= 4 is 34.1 Å². The van der Waals surface area contributed by atoms with Crippen molar-refractivity contribution in [3.8, 4) is 0 Å². The number of halogens is 1. The first-order valence-electron chi connectivity index (χ1n) is 8.20. The molecular weight excluding hydrogens is 320 g/mol. The minimum atomic E-state index is -0.137. The van der Waals surface area contributed by atoms with E-state index in [1.54, 1.807) is 24.3 Å². The second kappa shape index (κ2) is 6.25. The van der Waals surface area contributed by atoms with Gasteiger partial charge in [0.15, 0.2) is 0 Å². The summed E-state index contributed by atoms with van der Waals surface area (Å²) >= 11 is 6.01. The van der Waals surface area contributed by atoms with Crippen molar-refractivity contribution in [2.24, 2.45) is 0 Å². The van der Waals surface area contributed by atoms with Crippen LogP contribution in [0.25, 0.3) is 10.9 Å². The molecule has 3 aromatic rings. The van der Waals surface area contributed by atoms with Gasteiger partial charge in [-0.05, 0) is 55.5 Å². The fourth-order valence-corrected chi connectivity index (χ4v) is 3.52. The first-order chi connectivity index (χ1) is 11.7. The molecule has 24 heavy (non-hydrogen) atoms. The number of benzene rings is 2. The lowest BCUT2D eigenvalue weighted by Crippen LogP contribution is -2.17. The van der Waals surface area contributed by atoms with Gasteiger partial charge in [0.05, 0.1) is 11.2 Å². The van der Waals surface area contributed by atoms with Crippen molar-refractivity contribution in [2.45, 2.75) is 25.7 Å². The molecule has 120 valence electrons. The number of aromatic nitrogens is 1. The first kappa shape index (κ1) is 15.2. The molecule has 1 heterocycles. The molecule has 0 aliphatic heterocycles. The molecular formula is C20H17ClN2O. The van der Waals surface area contributed by atoms with Crippen LogP contribution in [-0.4, -0.2) is 10.9 Å². The number of rotatable bonds is 2. The van der Waals surface area contributed by atoms with Crippen LogP contribution in [0.2, 0.25) is 5.02 Å². The lowest BCUT2D eigenvalue weighted by Gasteiger charge is -2.21. The van der Waals surface area contributed by atoms with Crippen LogP contribution in [0.15, 0.2) is 48.5 Å². The number of hydrogen-bond acceptors (Lipinski definition) is 2. The number of anilines is 1. The second-order valence-corrected chi connectivity index (χ2v) is 6.54. The topological polar surface area (TPSA) is 42.0 Å². The van der Waals surface area contributed by atoms with Crippen LogP contribution in [0.4, 0.5) is 5.69 Å². The number of hydrogen-bond donors (Lipinski definition) is 1. The van der Waals surface area contributed by atoms with Crippen molar-refractivity contribution < 1.29 is 4.79 Å². The van der Waals surface area contributed by atoms with Gasteiger partial charge in [-0.2, -0.15) is 0 Å². The molecule has 4 heteroatoms. The average molecular weight is 337 g/mol. The number of carbonyl (C=O) groups is 1. The minimum Gasteiger partial charge on any atom is -0.321 e. The van der Waals surface area contributed by atoms with E-state index in [0.717, 1.165) is 48.0 Å². The van der Waals surface area contributed by atoms with Crippen molar-refractivity contribution in [1.82, 2.24) is 4.98 Å². The number of nitrogens with zero attached hydrogens (tertiary/aromatic N) is 1. The highest BCUT2D eigenvalue weighted by molar-refractivity contribution is 6.31. The Morgan fingerprint density at radius 3 is 2.75 bits per heavy atom. The molecule has 1 amide bonds. The molecule has 3 nitrogen and oxygen atoms in total. The summed E-state index contributed by atoms with van der Waals surface area (Å²) in [5.74, 6) is -0.137. The monoisotopic (exact) mass is 336 g/mol. The molecule has 4 rings (SSSR count). The predicted octanol–water partition coefficient (Wildman–Crippen LogP) is 5.02. The molecule has 0 atom stereocenters. The summed E-state index contributed by atoms with van der Waals surface area (Å²) in [7, 11) is 0. The van der Waals surface area contributed by atoms with E-state index in [1.807, 2.05) is 24.3 Å². The average Bonchev–Trinajstić information content (AvgIpc) is 2.61. The van der Waals surface area contributed by atoms with E-state index in [1.165, 1.54) is 5.56 Å². The molecule has 0 saturated heterocycles. The number of nitrogens with one attached hydrogen (secondary N) is 1. The summed E-state index contributed by atoms with van der Waals surface area (Å²) in [4.78, 5) is 17.5. The van der Waals surface area contributed by atoms with Crippen LogP contribution in [0.5, 0.6) is 0 Å². The second-order valence-electron chi connectivity index (χ2n) is 6.10. The normalized spacial score (nSPS) is 13.5. The number of amides is 1. The van der Waals surface area contributed by atoms with E-state index in [9.17, 15) is 4.79 Å². The summed E-state index contributed by atoms with van der Waals surface area (Å²) in [6.07, 6.45) is 4.21. The molecule has 0 fully saturated rings. The molecule has 0 unspecified atom stereocenters. The Morgan fingerprint density at radius 1 is 1.04 bits per heavy atom. The maximum Gasteiger partial charge on any atom is 0.255 e. The number of fused-ring (bicyclic) bond motifs is 2. The number of pyridine rings is 1. The highest BCUT2D eigenvalue weighted by Crippen LogP contribution is 2.33. The standard InChI is InChI=1S/C20H17ClN2O/c21-14-7-5-6-13(12-14)20(24)23-19-15-8-1-3-10-17(15)22-18-11-4-2-9-16(18)19/h1,3,5-8,10,12H,2,4,9,11H2,(H,22,23,24). The van der Waals surface area contributed by atoms with Crippen molar-refractivity contribution in [1.29, 1.82) is 0 Å². The maximum atomic E-state index is 12.7. The van der Waals surface area contributed by atoms with E-state index in [-0.39, 0.29) is 5.91 Å². The molecule has 0 bridgehead atoms. The Balaban J connectivity index is 1.81. The quantitative estimate of drug-likeness (QED) is 0.714. The summed E-state index contributed by atoms with van der Waals surface area (Å²) in [6.45, 7) is 0. The minimum absolute atomic E-state index is 0.137. The third-order valence-electron chi connectivity index (χ3n) is 4.49. The van der Waals surface area contributed by atoms with E-state index >= 15 is 0 Å². The molecule has 1 aliphatic carbocycles. The van der Waals surface area contributed by atoms with Crippen LogP contribution >= 0.6 is 11.6 Å². The van der Waals surface area contributed by atoms with Gasteiger partial charge in [-0.3, -0.25) is 9.78 Å². The van der Waals surface area contributed by atoms with Gasteiger partial charge in [-0.15, -0.1) is 0 Å². The zero-order valence-corrected chi connectivity index (χ0v) is 13.9. The Kier molecular flexibility index (Phi) is 3.95. The Hall–Kier alpha value is -2.39. The van der Waals surface area contributed by atoms with Gasteiger partial charge in [0.1, 0.15) is 0 Å². The fraction of sp³-hybridized carbons (Fsp3) is 0.200. The summed E-state index contributed by atoms with van der Waals surface area (Å²) in [5, 5.41) is 4.67. The number of carbonyl (C=O) groups excluding carboxylic acids is 1. The van der Waals surface area contributed by atoms with Gasteiger partial charge in [0.25, 0.3) is 5.91 Å². The van der Waals surface area contributed by atoms with E-state index in [2.05, 4.69) is 5.32 Å². The number of para-hydroxylation sites is 1. The molecule has 0 saturated carbocycles. The Morgan fingerprint density at radius 2 is 1.88 bits per heavy atom. The van der Waals surface area contributed by atoms with Crippen molar-refractivity contribution in [3.05, 3.63) is 70.4 Å². The van der Waals surface area contributed by atoms with Crippen molar-refractivity contribution in [2.75, 3.05) is 5.32 Å². The van der Waals surface area contributed by atoms with Gasteiger partial charge >= 0.3 is 0 Å². The Bertz CT molecular complexity index is 936. The summed E-state index contributed by atoms with van der Waals surface area (Å²) < 4.78 is 0. The summed E-state index contributed by atoms with van der Waals surface area (Å²) in [6, 6.07) is 15.0. The van der Waals surface area contributed by atoms with E-state index in [0.29, 0.717) is 10.6 Å². The lowest BCUT2D eigenvalue weighted by molar-refractivity contribution is 0.102. The highest BCUT2D eigenvalue weighted by Gasteiger charge is 2.20. The van der Waals surface area contributed by atoms with Gasteiger partial charge < -0.3 is 5.32 Å². The zero-order valence-electron chi connectivity index (χ0n) is 13.2. The summed E-state index contributed by atoms with van der Waals surface area (Å²) in [5.41, 5.74) is 4.68. The molecule has 1 N–H and O–H groups in total. The van der Waals surface area contributed by atoms with Crippen LogP contribution in [0, 0.1) is 0 Å². The van der Waals surface area contributed by atoms with Gasteiger partial charge in [-0.25, -0.2) is 0 Å². The van der Waals surface area contributed by atoms with E-state index in [4.69, 9.17) is 16.6 Å². The molecule has 1 aromatic heterocycles. The van der Waals surface area contributed by atoms with Crippen LogP contribution < -0.4 is 5.32 Å². The molecule has 2 aromatic carbocycles. The highest BCUT2D eigenvalue weighted by atomic mass is 35.5. The first-order valence-corrected chi connectivity index (χ1v) is 8.57. The third-order valence-corrected chi connectivity index (χ3v) is 4.73.